The summed E-state index contributed by atoms with van der Waals surface area (Å²) in [5, 5.41) is 2.51. The Hall–Kier alpha value is -1.02. The highest BCUT2D eigenvalue weighted by Crippen LogP contribution is 2.12. The molecule has 0 amide bonds. The molecule has 0 aliphatic heterocycles. The molecule has 2 heteroatoms. The highest BCUT2D eigenvalue weighted by atomic mass is 16.5. The van der Waals surface area contributed by atoms with Gasteiger partial charge < -0.3 is 10.1 Å². The van der Waals surface area contributed by atoms with E-state index in [1.165, 1.54) is 0 Å². The fourth-order valence-corrected chi connectivity index (χ4v) is 1.29. The van der Waals surface area contributed by atoms with Crippen LogP contribution in [0.2, 0.25) is 0 Å². The Morgan fingerprint density at radius 3 is 2.79 bits per heavy atom. The van der Waals surface area contributed by atoms with Crippen LogP contribution in [0.1, 0.15) is 26.2 Å². The van der Waals surface area contributed by atoms with Gasteiger partial charge in [-0.15, -0.1) is 0 Å². The first kappa shape index (κ1) is 5.76. The maximum absolute atomic E-state index is 7.51. The van der Waals surface area contributed by atoms with Crippen molar-refractivity contribution in [2.45, 2.75) is 26.2 Å². The standard InChI is InChI=1S/C12H19NO/c1-4-13-10(2)9-11-5-7-12(14-3)8-6-11/h5-8,10,13H,4,9H2,1-3H3/i1D3,4D2. The van der Waals surface area contributed by atoms with Crippen LogP contribution in [0, 0.1) is 0 Å². The predicted octanol–water partition coefficient (Wildman–Crippen LogP) is 2.24. The molecule has 1 unspecified atom stereocenters. The number of likely N-dealkylation sites (N-methyl/N-ethyl adjacent to an activating group) is 1. The molecule has 0 radical (unpaired) electrons. The van der Waals surface area contributed by atoms with Crippen molar-refractivity contribution < 1.29 is 11.6 Å². The van der Waals surface area contributed by atoms with Crippen LogP contribution in [-0.2, 0) is 6.42 Å². The van der Waals surface area contributed by atoms with Crippen LogP contribution < -0.4 is 10.1 Å². The van der Waals surface area contributed by atoms with Gasteiger partial charge in [-0.25, -0.2) is 0 Å². The average Bonchev–Trinajstić information content (AvgIpc) is 2.27. The van der Waals surface area contributed by atoms with E-state index in [0.29, 0.717) is 6.42 Å². The molecule has 2 nitrogen and oxygen atoms in total. The summed E-state index contributed by atoms with van der Waals surface area (Å²) in [6.07, 6.45) is 0.541. The number of nitrogens with one attached hydrogen (secondary N) is 1. The first-order valence-electron chi connectivity index (χ1n) is 7.06. The molecule has 0 spiro atoms. The van der Waals surface area contributed by atoms with Gasteiger partial charge in [0.15, 0.2) is 0 Å². The van der Waals surface area contributed by atoms with E-state index in [2.05, 4.69) is 5.32 Å². The predicted molar refractivity (Wildman–Crippen MR) is 59.8 cm³/mol. The zero-order valence-corrected chi connectivity index (χ0v) is 8.50. The summed E-state index contributed by atoms with van der Waals surface area (Å²) in [6.45, 7) is -3.31. The molecule has 0 bridgehead atoms. The molecule has 1 N–H and O–H groups in total. The lowest BCUT2D eigenvalue weighted by molar-refractivity contribution is 0.414. The SMILES string of the molecule is [2H]C([2H])([2H])C([2H])([2H])NC(C)Cc1ccc(OC)cc1. The third-order valence-electron chi connectivity index (χ3n) is 2.02. The topological polar surface area (TPSA) is 21.3 Å². The lowest BCUT2D eigenvalue weighted by Gasteiger charge is -2.12. The summed E-state index contributed by atoms with van der Waals surface area (Å²) in [7, 11) is 1.59. The minimum atomic E-state index is -2.68. The van der Waals surface area contributed by atoms with E-state index in [-0.39, 0.29) is 6.04 Å². The molecule has 0 aromatic heterocycles. The van der Waals surface area contributed by atoms with Crippen molar-refractivity contribution in [2.75, 3.05) is 13.6 Å². The Morgan fingerprint density at radius 2 is 2.21 bits per heavy atom. The summed E-state index contributed by atoms with van der Waals surface area (Å²) >= 11 is 0. The lowest BCUT2D eigenvalue weighted by atomic mass is 10.1. The maximum Gasteiger partial charge on any atom is 0.118 e. The van der Waals surface area contributed by atoms with Gasteiger partial charge in [0.2, 0.25) is 0 Å². The van der Waals surface area contributed by atoms with Crippen LogP contribution in [0.15, 0.2) is 24.3 Å². The number of hydrogen-bond donors (Lipinski definition) is 1. The number of methoxy groups -OCH3 is 1. The van der Waals surface area contributed by atoms with E-state index in [9.17, 15) is 0 Å². The zero-order chi connectivity index (χ0) is 14.7. The summed E-state index contributed by atoms with van der Waals surface area (Å²) in [4.78, 5) is 0. The van der Waals surface area contributed by atoms with Crippen LogP contribution in [0.25, 0.3) is 0 Å². The smallest absolute Gasteiger partial charge is 0.118 e. The van der Waals surface area contributed by atoms with Gasteiger partial charge in [0.1, 0.15) is 5.75 Å². The normalized spacial score (nSPS) is 19.7. The van der Waals surface area contributed by atoms with Crippen molar-refractivity contribution in [1.82, 2.24) is 5.32 Å². The second-order valence-electron chi connectivity index (χ2n) is 3.22. The molecule has 0 heterocycles. The molecule has 0 aliphatic carbocycles. The van der Waals surface area contributed by atoms with Crippen LogP contribution >= 0.6 is 0 Å². The largest absolute Gasteiger partial charge is 0.497 e. The number of ether oxygens (including phenoxy) is 1. The molecular weight excluding hydrogens is 174 g/mol. The monoisotopic (exact) mass is 198 g/mol. The van der Waals surface area contributed by atoms with E-state index in [0.717, 1.165) is 11.3 Å². The van der Waals surface area contributed by atoms with Gasteiger partial charge in [-0.05, 0) is 37.5 Å². The average molecular weight is 198 g/mol. The van der Waals surface area contributed by atoms with Gasteiger partial charge in [-0.3, -0.25) is 0 Å². The Kier molecular flexibility index (Phi) is 2.33. The fourth-order valence-electron chi connectivity index (χ4n) is 1.29. The van der Waals surface area contributed by atoms with E-state index in [1.54, 1.807) is 14.0 Å². The maximum atomic E-state index is 7.51. The zero-order valence-electron chi connectivity index (χ0n) is 13.5. The van der Waals surface area contributed by atoms with Gasteiger partial charge in [-0.2, -0.15) is 0 Å². The minimum Gasteiger partial charge on any atom is -0.497 e. The Morgan fingerprint density at radius 1 is 1.50 bits per heavy atom. The van der Waals surface area contributed by atoms with Crippen molar-refractivity contribution in [1.29, 1.82) is 0 Å². The van der Waals surface area contributed by atoms with Crippen LogP contribution in [0.3, 0.4) is 0 Å². The number of hydrogen-bond acceptors (Lipinski definition) is 2. The van der Waals surface area contributed by atoms with Crippen LogP contribution in [-0.4, -0.2) is 19.6 Å². The molecule has 78 valence electrons. The van der Waals surface area contributed by atoms with E-state index in [1.807, 2.05) is 24.3 Å². The molecule has 0 saturated carbocycles. The van der Waals surface area contributed by atoms with Gasteiger partial charge in [0, 0.05) is 12.9 Å². The van der Waals surface area contributed by atoms with Crippen molar-refractivity contribution in [3.8, 4) is 5.75 Å². The fraction of sp³-hybridized carbons (Fsp3) is 0.500. The Balaban J connectivity index is 2.62. The molecule has 1 aromatic carbocycles. The minimum absolute atomic E-state index is 0.288. The molecule has 0 aliphatic rings. The highest BCUT2D eigenvalue weighted by Gasteiger charge is 2.01. The quantitative estimate of drug-likeness (QED) is 0.783. The van der Waals surface area contributed by atoms with Gasteiger partial charge in [0.25, 0.3) is 0 Å². The Bertz CT molecular complexity index is 402. The third-order valence-corrected chi connectivity index (χ3v) is 2.02. The molecule has 0 fully saturated rings. The summed E-state index contributed by atoms with van der Waals surface area (Å²) in [5.74, 6) is 0.752. The second kappa shape index (κ2) is 5.66. The molecule has 0 saturated heterocycles. The number of rotatable bonds is 5. The molecule has 1 rings (SSSR count). The Labute approximate surface area is 93.3 Å². The summed E-state index contributed by atoms with van der Waals surface area (Å²) in [6, 6.07) is 7.11. The summed E-state index contributed by atoms with van der Waals surface area (Å²) < 4.78 is 41.5. The van der Waals surface area contributed by atoms with E-state index in [4.69, 9.17) is 11.6 Å². The molecule has 1 atom stereocenters. The second-order valence-corrected chi connectivity index (χ2v) is 3.22. The molecule has 14 heavy (non-hydrogen) atoms. The summed E-state index contributed by atoms with van der Waals surface area (Å²) in [5.41, 5.74) is 0.988. The first-order valence-corrected chi connectivity index (χ1v) is 4.56. The van der Waals surface area contributed by atoms with E-state index < -0.39 is 13.3 Å². The van der Waals surface area contributed by atoms with Gasteiger partial charge in [0.05, 0.1) is 7.11 Å². The van der Waals surface area contributed by atoms with Gasteiger partial charge in [-0.1, -0.05) is 19.0 Å². The van der Waals surface area contributed by atoms with Crippen molar-refractivity contribution >= 4 is 0 Å². The third kappa shape index (κ3) is 3.38. The van der Waals surface area contributed by atoms with E-state index >= 15 is 0 Å². The van der Waals surface area contributed by atoms with Crippen molar-refractivity contribution in [3.05, 3.63) is 29.8 Å². The highest BCUT2D eigenvalue weighted by molar-refractivity contribution is 5.27. The van der Waals surface area contributed by atoms with Crippen molar-refractivity contribution in [2.24, 2.45) is 0 Å². The number of benzene rings is 1. The van der Waals surface area contributed by atoms with Gasteiger partial charge >= 0.3 is 0 Å². The first-order chi connectivity index (χ1) is 8.65. The van der Waals surface area contributed by atoms with Crippen LogP contribution in [0.5, 0.6) is 5.75 Å². The van der Waals surface area contributed by atoms with Crippen molar-refractivity contribution in [3.63, 3.8) is 0 Å². The molecular formula is C12H19NO. The molecule has 1 aromatic rings. The van der Waals surface area contributed by atoms with Crippen LogP contribution in [0.4, 0.5) is 0 Å². The lowest BCUT2D eigenvalue weighted by Crippen LogP contribution is -2.27.